The Balaban J connectivity index is 3.82. The molecule has 17 heavy (non-hydrogen) atoms. The Bertz CT molecular complexity index is 576. The lowest BCUT2D eigenvalue weighted by Crippen LogP contribution is -2.06. The first-order chi connectivity index (χ1) is 7.66. The van der Waals surface area contributed by atoms with Crippen LogP contribution in [0.5, 0.6) is 5.75 Å². The Morgan fingerprint density at radius 3 is 2.41 bits per heavy atom. The van der Waals surface area contributed by atoms with Crippen LogP contribution in [0, 0.1) is 10.1 Å². The lowest BCUT2D eigenvalue weighted by atomic mass is 10.3. The molecule has 94 valence electrons. The Morgan fingerprint density at radius 1 is 1.53 bits per heavy atom. The molecule has 0 fully saturated rings. The summed E-state index contributed by atoms with van der Waals surface area (Å²) in [7, 11) is -0.0363. The standard InChI is InChI=1S/C6H3ClF2N2O5S/c7-17(15,16)5-3(6(8)9)10-1-2(12)4(5)11(13)14/h1,6,12H. The van der Waals surface area contributed by atoms with Gasteiger partial charge in [0.15, 0.2) is 4.90 Å². The average molecular weight is 289 g/mol. The van der Waals surface area contributed by atoms with E-state index in [0.29, 0.717) is 6.20 Å². The highest BCUT2D eigenvalue weighted by atomic mass is 35.7. The van der Waals surface area contributed by atoms with Gasteiger partial charge >= 0.3 is 5.69 Å². The molecule has 1 aromatic heterocycles. The van der Waals surface area contributed by atoms with Gasteiger partial charge in [-0.15, -0.1) is 0 Å². The number of alkyl halides is 2. The van der Waals surface area contributed by atoms with E-state index in [4.69, 9.17) is 15.8 Å². The minimum atomic E-state index is -4.85. The predicted octanol–water partition coefficient (Wildman–Crippen LogP) is 1.56. The van der Waals surface area contributed by atoms with Crippen molar-refractivity contribution in [3.63, 3.8) is 0 Å². The average Bonchev–Trinajstić information content (AvgIpc) is 2.14. The molecule has 0 bridgehead atoms. The van der Waals surface area contributed by atoms with E-state index in [2.05, 4.69) is 4.98 Å². The summed E-state index contributed by atoms with van der Waals surface area (Å²) < 4.78 is 46.9. The topological polar surface area (TPSA) is 110 Å². The van der Waals surface area contributed by atoms with Crippen molar-refractivity contribution in [2.24, 2.45) is 0 Å². The van der Waals surface area contributed by atoms with Crippen molar-refractivity contribution in [3.8, 4) is 5.75 Å². The second kappa shape index (κ2) is 4.37. The third-order valence-electron chi connectivity index (χ3n) is 1.65. The summed E-state index contributed by atoms with van der Waals surface area (Å²) in [4.78, 5) is 10.6. The number of nitro groups is 1. The van der Waals surface area contributed by atoms with E-state index < -0.39 is 42.4 Å². The molecule has 0 radical (unpaired) electrons. The van der Waals surface area contributed by atoms with Crippen LogP contribution in [0.15, 0.2) is 11.1 Å². The molecule has 11 heteroatoms. The minimum Gasteiger partial charge on any atom is -0.501 e. The van der Waals surface area contributed by atoms with Gasteiger partial charge in [0.1, 0.15) is 5.69 Å². The maximum absolute atomic E-state index is 12.4. The number of halogens is 3. The van der Waals surface area contributed by atoms with Crippen LogP contribution in [-0.2, 0) is 9.05 Å². The highest BCUT2D eigenvalue weighted by Gasteiger charge is 2.35. The van der Waals surface area contributed by atoms with E-state index in [1.165, 1.54) is 0 Å². The fourth-order valence-electron chi connectivity index (χ4n) is 1.06. The molecule has 0 aliphatic heterocycles. The lowest BCUT2D eigenvalue weighted by molar-refractivity contribution is -0.389. The van der Waals surface area contributed by atoms with E-state index in [0.717, 1.165) is 0 Å². The molecule has 0 aliphatic rings. The van der Waals surface area contributed by atoms with Crippen molar-refractivity contribution in [2.45, 2.75) is 11.3 Å². The van der Waals surface area contributed by atoms with Gasteiger partial charge in [-0.25, -0.2) is 22.2 Å². The molecular formula is C6H3ClF2N2O5S. The molecule has 7 nitrogen and oxygen atoms in total. The van der Waals surface area contributed by atoms with Crippen molar-refractivity contribution >= 4 is 25.4 Å². The largest absolute Gasteiger partial charge is 0.501 e. The zero-order chi connectivity index (χ0) is 13.4. The van der Waals surface area contributed by atoms with Crippen molar-refractivity contribution < 1.29 is 27.2 Å². The van der Waals surface area contributed by atoms with E-state index in [1.54, 1.807) is 0 Å². The molecule has 0 aromatic carbocycles. The molecule has 1 aromatic rings. The Kier molecular flexibility index (Phi) is 3.48. The summed E-state index contributed by atoms with van der Waals surface area (Å²) in [6, 6.07) is 0. The maximum atomic E-state index is 12.4. The van der Waals surface area contributed by atoms with Gasteiger partial charge in [-0.2, -0.15) is 0 Å². The first-order valence-electron chi connectivity index (χ1n) is 3.75. The van der Waals surface area contributed by atoms with Gasteiger partial charge in [-0.1, -0.05) is 0 Å². The van der Waals surface area contributed by atoms with Gasteiger partial charge in [0.25, 0.3) is 15.5 Å². The van der Waals surface area contributed by atoms with Crippen LogP contribution in [0.2, 0.25) is 0 Å². The molecule has 0 unspecified atom stereocenters. The summed E-state index contributed by atoms with van der Waals surface area (Å²) >= 11 is 0. The van der Waals surface area contributed by atoms with Crippen molar-refractivity contribution in [2.75, 3.05) is 0 Å². The molecule has 1 rings (SSSR count). The molecule has 1 N–H and O–H groups in total. The van der Waals surface area contributed by atoms with Gasteiger partial charge in [-0.3, -0.25) is 10.1 Å². The van der Waals surface area contributed by atoms with Gasteiger partial charge < -0.3 is 5.11 Å². The predicted molar refractivity (Wildman–Crippen MR) is 50.6 cm³/mol. The SMILES string of the molecule is O=[N+]([O-])c1c(O)cnc(C(F)F)c1S(=O)(=O)Cl. The Hall–Kier alpha value is -1.55. The van der Waals surface area contributed by atoms with Gasteiger partial charge in [0.05, 0.1) is 11.1 Å². The highest BCUT2D eigenvalue weighted by molar-refractivity contribution is 8.13. The molecule has 0 aliphatic carbocycles. The molecular weight excluding hydrogens is 286 g/mol. The summed E-state index contributed by atoms with van der Waals surface area (Å²) in [5, 5.41) is 19.6. The Labute approximate surface area is 97.2 Å². The van der Waals surface area contributed by atoms with Crippen LogP contribution in [0.4, 0.5) is 14.5 Å². The second-order valence-corrected chi connectivity index (χ2v) is 5.20. The van der Waals surface area contributed by atoms with Crippen LogP contribution < -0.4 is 0 Å². The maximum Gasteiger partial charge on any atom is 0.334 e. The number of hydrogen-bond donors (Lipinski definition) is 1. The molecule has 0 saturated carbocycles. The summed E-state index contributed by atoms with van der Waals surface area (Å²) in [6.07, 6.45) is -3.04. The van der Waals surface area contributed by atoms with Crippen molar-refractivity contribution in [1.29, 1.82) is 0 Å². The summed E-state index contributed by atoms with van der Waals surface area (Å²) in [5.74, 6) is -1.17. The van der Waals surface area contributed by atoms with E-state index in [1.807, 2.05) is 0 Å². The first kappa shape index (κ1) is 13.5. The number of nitrogens with zero attached hydrogens (tertiary/aromatic N) is 2. The van der Waals surface area contributed by atoms with Crippen molar-refractivity contribution in [3.05, 3.63) is 22.0 Å². The molecule has 0 amide bonds. The molecule has 1 heterocycles. The van der Waals surface area contributed by atoms with Crippen LogP contribution in [-0.4, -0.2) is 23.4 Å². The van der Waals surface area contributed by atoms with Crippen LogP contribution in [0.3, 0.4) is 0 Å². The second-order valence-electron chi connectivity index (χ2n) is 2.70. The molecule has 0 atom stereocenters. The fourth-order valence-corrected chi connectivity index (χ4v) is 2.32. The highest BCUT2D eigenvalue weighted by Crippen LogP contribution is 2.39. The third kappa shape index (κ3) is 2.58. The van der Waals surface area contributed by atoms with E-state index in [-0.39, 0.29) is 0 Å². The number of hydrogen-bond acceptors (Lipinski definition) is 6. The zero-order valence-corrected chi connectivity index (χ0v) is 9.24. The molecule has 0 spiro atoms. The van der Waals surface area contributed by atoms with Crippen molar-refractivity contribution in [1.82, 2.24) is 4.98 Å². The Morgan fingerprint density at radius 2 is 2.06 bits per heavy atom. The van der Waals surface area contributed by atoms with Gasteiger partial charge in [-0.05, 0) is 0 Å². The first-order valence-corrected chi connectivity index (χ1v) is 6.06. The third-order valence-corrected chi connectivity index (χ3v) is 3.00. The zero-order valence-electron chi connectivity index (χ0n) is 7.67. The summed E-state index contributed by atoms with van der Waals surface area (Å²) in [6.45, 7) is 0. The minimum absolute atomic E-state index is 0.352. The number of aromatic nitrogens is 1. The smallest absolute Gasteiger partial charge is 0.334 e. The summed E-state index contributed by atoms with van der Waals surface area (Å²) in [5.41, 5.74) is -2.81. The number of rotatable bonds is 3. The number of pyridine rings is 1. The van der Waals surface area contributed by atoms with Crippen LogP contribution >= 0.6 is 10.7 Å². The van der Waals surface area contributed by atoms with E-state index in [9.17, 15) is 27.3 Å². The van der Waals surface area contributed by atoms with E-state index >= 15 is 0 Å². The van der Waals surface area contributed by atoms with Gasteiger partial charge in [0.2, 0.25) is 5.75 Å². The normalized spacial score (nSPS) is 11.8. The van der Waals surface area contributed by atoms with Crippen LogP contribution in [0.1, 0.15) is 12.1 Å². The molecule has 0 saturated heterocycles. The quantitative estimate of drug-likeness (QED) is 0.513. The number of aromatic hydroxyl groups is 1. The van der Waals surface area contributed by atoms with Gasteiger partial charge in [0, 0.05) is 10.7 Å². The monoisotopic (exact) mass is 288 g/mol. The lowest BCUT2D eigenvalue weighted by Gasteiger charge is -2.06. The fraction of sp³-hybridized carbons (Fsp3) is 0.167. The van der Waals surface area contributed by atoms with Crippen LogP contribution in [0.25, 0.3) is 0 Å².